The Labute approximate surface area is 107 Å². The average Bonchev–Trinajstić information content (AvgIpc) is 2.35. The van der Waals surface area contributed by atoms with Crippen molar-refractivity contribution in [2.45, 2.75) is 19.1 Å². The molecule has 1 heterocycles. The summed E-state index contributed by atoms with van der Waals surface area (Å²) in [5, 5.41) is 5.23. The highest BCUT2D eigenvalue weighted by Gasteiger charge is 2.04. The number of nitrogens with one attached hydrogen (secondary N) is 1. The summed E-state index contributed by atoms with van der Waals surface area (Å²) in [5.74, 6) is 1.00. The van der Waals surface area contributed by atoms with E-state index in [1.165, 1.54) is 10.9 Å². The maximum Gasteiger partial charge on any atom is 0.129 e. The normalized spacial score (nSPS) is 12.6. The number of hydrogen-bond acceptors (Lipinski definition) is 3. The summed E-state index contributed by atoms with van der Waals surface area (Å²) >= 11 is 1.86. The Kier molecular flexibility index (Phi) is 3.89. The van der Waals surface area contributed by atoms with Gasteiger partial charge in [0.25, 0.3) is 0 Å². The fourth-order valence-corrected chi connectivity index (χ4v) is 1.97. The van der Waals surface area contributed by atoms with Gasteiger partial charge in [0.15, 0.2) is 0 Å². The van der Waals surface area contributed by atoms with Gasteiger partial charge in [-0.05, 0) is 30.9 Å². The number of thioether (sulfide) groups is 1. The van der Waals surface area contributed by atoms with E-state index in [-0.39, 0.29) is 0 Å². The molecule has 0 bridgehead atoms. The first-order chi connectivity index (χ1) is 8.20. The van der Waals surface area contributed by atoms with E-state index in [1.54, 1.807) is 0 Å². The van der Waals surface area contributed by atoms with E-state index in [9.17, 15) is 0 Å². The van der Waals surface area contributed by atoms with Crippen LogP contribution in [0.3, 0.4) is 0 Å². The van der Waals surface area contributed by atoms with Crippen LogP contribution in [0.2, 0.25) is 0 Å². The van der Waals surface area contributed by atoms with Crippen molar-refractivity contribution in [2.75, 3.05) is 18.1 Å². The minimum Gasteiger partial charge on any atom is -0.369 e. The van der Waals surface area contributed by atoms with Crippen LogP contribution in [0.25, 0.3) is 10.9 Å². The lowest BCUT2D eigenvalue weighted by Crippen LogP contribution is -2.14. The molecule has 0 aliphatic rings. The fraction of sp³-hybridized carbons (Fsp3) is 0.357. The summed E-state index contributed by atoms with van der Waals surface area (Å²) in [4.78, 5) is 4.66. The van der Waals surface area contributed by atoms with Gasteiger partial charge in [0.2, 0.25) is 0 Å². The van der Waals surface area contributed by atoms with Crippen LogP contribution in [-0.2, 0) is 0 Å². The van der Waals surface area contributed by atoms with Gasteiger partial charge in [-0.15, -0.1) is 0 Å². The molecule has 90 valence electrons. The Balaban J connectivity index is 2.25. The van der Waals surface area contributed by atoms with Crippen molar-refractivity contribution in [1.29, 1.82) is 0 Å². The van der Waals surface area contributed by atoms with Crippen molar-refractivity contribution >= 4 is 28.5 Å². The van der Waals surface area contributed by atoms with E-state index in [0.717, 1.165) is 17.9 Å². The molecule has 0 fully saturated rings. The minimum atomic E-state index is 0.600. The van der Waals surface area contributed by atoms with Gasteiger partial charge in [0, 0.05) is 17.2 Å². The molecule has 0 aliphatic carbocycles. The summed E-state index contributed by atoms with van der Waals surface area (Å²) < 4.78 is 0. The first kappa shape index (κ1) is 12.2. The van der Waals surface area contributed by atoms with Crippen LogP contribution in [0.15, 0.2) is 30.3 Å². The molecule has 1 aromatic heterocycles. The summed E-state index contributed by atoms with van der Waals surface area (Å²) in [5.41, 5.74) is 2.26. The molecule has 1 unspecified atom stereocenters. The van der Waals surface area contributed by atoms with Gasteiger partial charge < -0.3 is 5.32 Å². The van der Waals surface area contributed by atoms with Crippen LogP contribution in [0.4, 0.5) is 5.82 Å². The van der Waals surface area contributed by atoms with Gasteiger partial charge in [-0.25, -0.2) is 4.98 Å². The van der Waals surface area contributed by atoms with E-state index in [2.05, 4.69) is 48.6 Å². The highest BCUT2D eigenvalue weighted by Crippen LogP contribution is 2.19. The number of fused-ring (bicyclic) bond motifs is 1. The van der Waals surface area contributed by atoms with E-state index < -0.39 is 0 Å². The monoisotopic (exact) mass is 246 g/mol. The van der Waals surface area contributed by atoms with Gasteiger partial charge in [0.05, 0.1) is 5.52 Å². The Hall–Kier alpha value is -1.22. The highest BCUT2D eigenvalue weighted by molar-refractivity contribution is 7.99. The zero-order valence-electron chi connectivity index (χ0n) is 10.5. The molecule has 2 rings (SSSR count). The number of anilines is 1. The lowest BCUT2D eigenvalue weighted by Gasteiger charge is -2.13. The van der Waals surface area contributed by atoms with Crippen LogP contribution < -0.4 is 5.32 Å². The van der Waals surface area contributed by atoms with Crippen molar-refractivity contribution in [1.82, 2.24) is 4.98 Å². The first-order valence-electron chi connectivity index (χ1n) is 5.84. The SMILES string of the molecule is CSC(C)CNc1nc2ccccc2cc1C. The standard InChI is InChI=1S/C14H18N2S/c1-10-8-12-6-4-5-7-13(12)16-14(10)15-9-11(2)17-3/h4-8,11H,9H2,1-3H3,(H,15,16). The lowest BCUT2D eigenvalue weighted by molar-refractivity contribution is 0.991. The number of nitrogens with zero attached hydrogens (tertiary/aromatic N) is 1. The van der Waals surface area contributed by atoms with Crippen molar-refractivity contribution < 1.29 is 0 Å². The van der Waals surface area contributed by atoms with Gasteiger partial charge in [-0.2, -0.15) is 11.8 Å². The third-order valence-corrected chi connectivity index (χ3v) is 3.85. The maximum atomic E-state index is 4.66. The van der Waals surface area contributed by atoms with E-state index >= 15 is 0 Å². The fourth-order valence-electron chi connectivity index (χ4n) is 1.72. The molecule has 2 aromatic rings. The molecule has 2 nitrogen and oxygen atoms in total. The molecular weight excluding hydrogens is 228 g/mol. The van der Waals surface area contributed by atoms with Crippen LogP contribution in [0, 0.1) is 6.92 Å². The predicted octanol–water partition coefficient (Wildman–Crippen LogP) is 3.71. The third kappa shape index (κ3) is 2.91. The van der Waals surface area contributed by atoms with Crippen molar-refractivity contribution in [3.05, 3.63) is 35.9 Å². The minimum absolute atomic E-state index is 0.600. The zero-order chi connectivity index (χ0) is 12.3. The van der Waals surface area contributed by atoms with Gasteiger partial charge in [0.1, 0.15) is 5.82 Å². The topological polar surface area (TPSA) is 24.9 Å². The average molecular weight is 246 g/mol. The zero-order valence-corrected chi connectivity index (χ0v) is 11.3. The largest absolute Gasteiger partial charge is 0.369 e. The molecule has 0 radical (unpaired) electrons. The van der Waals surface area contributed by atoms with Crippen LogP contribution in [0.5, 0.6) is 0 Å². The second-order valence-electron chi connectivity index (χ2n) is 4.27. The van der Waals surface area contributed by atoms with E-state index in [1.807, 2.05) is 23.9 Å². The van der Waals surface area contributed by atoms with Gasteiger partial charge >= 0.3 is 0 Å². The Bertz CT molecular complexity index is 511. The number of para-hydroxylation sites is 1. The molecule has 0 saturated carbocycles. The maximum absolute atomic E-state index is 4.66. The second kappa shape index (κ2) is 5.41. The molecule has 0 spiro atoms. The van der Waals surface area contributed by atoms with Crippen molar-refractivity contribution in [3.8, 4) is 0 Å². The third-order valence-electron chi connectivity index (χ3n) is 2.87. The number of aryl methyl sites for hydroxylation is 1. The summed E-state index contributed by atoms with van der Waals surface area (Å²) in [6, 6.07) is 10.4. The lowest BCUT2D eigenvalue weighted by atomic mass is 10.1. The summed E-state index contributed by atoms with van der Waals surface area (Å²) in [6.45, 7) is 5.27. The Morgan fingerprint density at radius 2 is 2.12 bits per heavy atom. The molecule has 1 N–H and O–H groups in total. The molecule has 1 aromatic carbocycles. The second-order valence-corrected chi connectivity index (χ2v) is 5.55. The van der Waals surface area contributed by atoms with Gasteiger partial charge in [-0.1, -0.05) is 25.1 Å². The summed E-state index contributed by atoms with van der Waals surface area (Å²) in [6.07, 6.45) is 2.13. The van der Waals surface area contributed by atoms with Crippen molar-refractivity contribution in [2.24, 2.45) is 0 Å². The number of aromatic nitrogens is 1. The highest BCUT2D eigenvalue weighted by atomic mass is 32.2. The molecule has 0 aliphatic heterocycles. The van der Waals surface area contributed by atoms with Crippen LogP contribution in [-0.4, -0.2) is 23.0 Å². The van der Waals surface area contributed by atoms with Crippen molar-refractivity contribution in [3.63, 3.8) is 0 Å². The molecule has 3 heteroatoms. The summed E-state index contributed by atoms with van der Waals surface area (Å²) in [7, 11) is 0. The quantitative estimate of drug-likeness (QED) is 0.890. The molecule has 0 saturated heterocycles. The van der Waals surface area contributed by atoms with Crippen LogP contribution in [0.1, 0.15) is 12.5 Å². The molecule has 1 atom stereocenters. The molecule has 0 amide bonds. The van der Waals surface area contributed by atoms with E-state index in [4.69, 9.17) is 0 Å². The Morgan fingerprint density at radius 1 is 1.35 bits per heavy atom. The first-order valence-corrected chi connectivity index (χ1v) is 7.12. The number of benzene rings is 1. The van der Waals surface area contributed by atoms with Gasteiger partial charge in [-0.3, -0.25) is 0 Å². The molecule has 17 heavy (non-hydrogen) atoms. The number of pyridine rings is 1. The Morgan fingerprint density at radius 3 is 2.88 bits per heavy atom. The van der Waals surface area contributed by atoms with E-state index in [0.29, 0.717) is 5.25 Å². The number of hydrogen-bond donors (Lipinski definition) is 1. The predicted molar refractivity (Wildman–Crippen MR) is 77.9 cm³/mol. The smallest absolute Gasteiger partial charge is 0.129 e. The molecular formula is C14H18N2S. The number of rotatable bonds is 4. The van der Waals surface area contributed by atoms with Crippen LogP contribution >= 0.6 is 11.8 Å².